The van der Waals surface area contributed by atoms with Gasteiger partial charge in [0.05, 0.1) is 12.0 Å². The third kappa shape index (κ3) is 3.76. The van der Waals surface area contributed by atoms with Crippen LogP contribution in [0.25, 0.3) is 0 Å². The van der Waals surface area contributed by atoms with Gasteiger partial charge in [0, 0.05) is 6.20 Å². The molecule has 0 aliphatic rings. The highest BCUT2D eigenvalue weighted by Crippen LogP contribution is 2.60. The molecule has 2 N–H and O–H groups in total. The average molecular weight is 461 g/mol. The van der Waals surface area contributed by atoms with Gasteiger partial charge in [-0.15, -0.1) is 0 Å². The first kappa shape index (κ1) is 23.2. The minimum Gasteiger partial charge on any atom is -0.324 e. The molecule has 3 aromatic carbocycles. The topological polar surface area (TPSA) is 75.4 Å². The van der Waals surface area contributed by atoms with Gasteiger partial charge in [0.1, 0.15) is 10.7 Å². The van der Waals surface area contributed by atoms with Crippen LogP contribution in [-0.4, -0.2) is 19.3 Å². The lowest BCUT2D eigenvalue weighted by Gasteiger charge is -2.37. The molecule has 0 unspecified atom stereocenters. The minimum absolute atomic E-state index is 0.291. The molecule has 0 saturated heterocycles. The van der Waals surface area contributed by atoms with E-state index in [1.165, 1.54) is 0 Å². The van der Waals surface area contributed by atoms with Crippen LogP contribution in [0.1, 0.15) is 49.1 Å². The molecular weight excluding hydrogens is 431 g/mol. The van der Waals surface area contributed by atoms with Gasteiger partial charge in [-0.05, 0) is 29.5 Å². The fourth-order valence-electron chi connectivity index (χ4n) is 4.91. The Morgan fingerprint density at radius 3 is 1.48 bits per heavy atom. The van der Waals surface area contributed by atoms with Crippen LogP contribution >= 0.6 is 7.60 Å². The molecule has 33 heavy (non-hydrogen) atoms. The second-order valence-electron chi connectivity index (χ2n) is 8.26. The molecule has 0 saturated carbocycles. The van der Waals surface area contributed by atoms with Gasteiger partial charge in [-0.1, -0.05) is 105 Å². The molecule has 0 radical (unpaired) electrons. The molecule has 6 heteroatoms. The maximum Gasteiger partial charge on any atom is 0.337 e. The number of benzene rings is 3. The zero-order valence-corrected chi connectivity index (χ0v) is 19.8. The summed E-state index contributed by atoms with van der Waals surface area (Å²) >= 11 is 0. The first-order chi connectivity index (χ1) is 15.9. The fourth-order valence-corrected chi connectivity index (χ4v) is 6.14. The zero-order chi connectivity index (χ0) is 23.5. The van der Waals surface area contributed by atoms with Crippen LogP contribution in [0.2, 0.25) is 0 Å². The zero-order valence-electron chi connectivity index (χ0n) is 18.9. The third-order valence-corrected chi connectivity index (χ3v) is 8.73. The van der Waals surface area contributed by atoms with Gasteiger partial charge in [0.2, 0.25) is 0 Å². The molecule has 0 amide bonds. The molecule has 4 rings (SSSR count). The lowest BCUT2D eigenvalue weighted by molar-refractivity contribution is 0.312. The van der Waals surface area contributed by atoms with Crippen LogP contribution in [0.15, 0.2) is 104 Å². The van der Waals surface area contributed by atoms with E-state index in [1.807, 2.05) is 65.4 Å². The van der Waals surface area contributed by atoms with Gasteiger partial charge in [0.15, 0.2) is 0 Å². The summed E-state index contributed by atoms with van der Waals surface area (Å²) in [6.45, 7) is 3.61. The Balaban J connectivity index is 2.07. The van der Waals surface area contributed by atoms with Crippen molar-refractivity contribution in [2.24, 2.45) is 0 Å². The summed E-state index contributed by atoms with van der Waals surface area (Å²) < 4.78 is 14.6. The molecular formula is C27H29N2O3P. The van der Waals surface area contributed by atoms with E-state index in [0.29, 0.717) is 18.5 Å². The van der Waals surface area contributed by atoms with Crippen molar-refractivity contribution >= 4 is 7.60 Å². The van der Waals surface area contributed by atoms with Gasteiger partial charge in [-0.2, -0.15) is 0 Å². The van der Waals surface area contributed by atoms with Crippen LogP contribution in [-0.2, 0) is 15.3 Å². The number of hydrogen-bond acceptors (Lipinski definition) is 2. The lowest BCUT2D eigenvalue weighted by atomic mass is 9.76. The molecule has 0 aliphatic carbocycles. The molecule has 0 atom stereocenters. The van der Waals surface area contributed by atoms with Gasteiger partial charge in [-0.3, -0.25) is 4.57 Å². The van der Waals surface area contributed by atoms with Crippen molar-refractivity contribution in [2.75, 3.05) is 0 Å². The quantitative estimate of drug-likeness (QED) is 0.253. The van der Waals surface area contributed by atoms with E-state index in [0.717, 1.165) is 16.7 Å². The first-order valence-electron chi connectivity index (χ1n) is 11.2. The van der Waals surface area contributed by atoms with Gasteiger partial charge >= 0.3 is 7.60 Å². The van der Waals surface area contributed by atoms with E-state index in [1.54, 1.807) is 20.2 Å². The predicted molar refractivity (Wildman–Crippen MR) is 131 cm³/mol. The molecule has 0 fully saturated rings. The molecule has 170 valence electrons. The van der Waals surface area contributed by atoms with E-state index in [9.17, 15) is 14.4 Å². The average Bonchev–Trinajstić information content (AvgIpc) is 3.33. The van der Waals surface area contributed by atoms with Crippen molar-refractivity contribution in [1.29, 1.82) is 0 Å². The Morgan fingerprint density at radius 2 is 1.15 bits per heavy atom. The highest BCUT2D eigenvalue weighted by Gasteiger charge is 2.48. The number of rotatable bonds is 8. The molecule has 1 heterocycles. The third-order valence-electron chi connectivity index (χ3n) is 6.75. The van der Waals surface area contributed by atoms with Crippen LogP contribution in [0.3, 0.4) is 0 Å². The van der Waals surface area contributed by atoms with Crippen LogP contribution in [0, 0.1) is 0 Å². The summed E-state index contributed by atoms with van der Waals surface area (Å²) in [5, 5.41) is -1.33. The molecule has 4 aromatic rings. The number of nitrogens with zero attached hydrogens (tertiary/aromatic N) is 2. The van der Waals surface area contributed by atoms with Gasteiger partial charge in [0.25, 0.3) is 0 Å². The van der Waals surface area contributed by atoms with Crippen LogP contribution < -0.4 is 0 Å². The van der Waals surface area contributed by atoms with E-state index in [2.05, 4.69) is 41.4 Å². The maximum absolute atomic E-state index is 12.6. The highest BCUT2D eigenvalue weighted by atomic mass is 31.2. The van der Waals surface area contributed by atoms with Crippen molar-refractivity contribution in [3.63, 3.8) is 0 Å². The summed E-state index contributed by atoms with van der Waals surface area (Å²) in [7, 11) is -4.46. The van der Waals surface area contributed by atoms with E-state index in [4.69, 9.17) is 0 Å². The van der Waals surface area contributed by atoms with Gasteiger partial charge in [-0.25, -0.2) is 4.98 Å². The Bertz CT molecular complexity index is 1130. The second-order valence-corrected chi connectivity index (χ2v) is 10.2. The Morgan fingerprint density at radius 1 is 0.758 bits per heavy atom. The SMILES string of the molecule is CCC(CC)(c1cn(C(c2ccccc2)(c2ccccc2)c2ccccc2)cn1)P(=O)(O)O. The van der Waals surface area contributed by atoms with E-state index >= 15 is 0 Å². The summed E-state index contributed by atoms with van der Waals surface area (Å²) in [4.78, 5) is 25.2. The van der Waals surface area contributed by atoms with Crippen molar-refractivity contribution in [1.82, 2.24) is 9.55 Å². The van der Waals surface area contributed by atoms with Crippen molar-refractivity contribution in [3.8, 4) is 0 Å². The minimum atomic E-state index is -4.46. The molecule has 5 nitrogen and oxygen atoms in total. The number of imidazole rings is 1. The van der Waals surface area contributed by atoms with E-state index in [-0.39, 0.29) is 0 Å². The fraction of sp³-hybridized carbons (Fsp3) is 0.222. The van der Waals surface area contributed by atoms with Crippen molar-refractivity contribution in [3.05, 3.63) is 126 Å². The first-order valence-corrected chi connectivity index (χ1v) is 12.8. The molecule has 1 aromatic heterocycles. The molecule has 0 spiro atoms. The smallest absolute Gasteiger partial charge is 0.324 e. The molecule has 0 bridgehead atoms. The van der Waals surface area contributed by atoms with Crippen LogP contribution in [0.4, 0.5) is 0 Å². The molecule has 0 aliphatic heterocycles. The van der Waals surface area contributed by atoms with Crippen molar-refractivity contribution < 1.29 is 14.4 Å². The van der Waals surface area contributed by atoms with Crippen LogP contribution in [0.5, 0.6) is 0 Å². The standard InChI is InChI=1S/C27H29N2O3P/c1-3-26(4-2,33(30,31)32)25-20-29(21-28-25)27(22-14-8-5-9-15-22,23-16-10-6-11-17-23)24-18-12-7-13-19-24/h5-21H,3-4H2,1-2H3,(H2,30,31,32). The Hall–Kier alpha value is -2.98. The highest BCUT2D eigenvalue weighted by molar-refractivity contribution is 7.53. The maximum atomic E-state index is 12.6. The summed E-state index contributed by atoms with van der Waals surface area (Å²) in [5.41, 5.74) is 2.73. The summed E-state index contributed by atoms with van der Waals surface area (Å²) in [6, 6.07) is 30.5. The summed E-state index contributed by atoms with van der Waals surface area (Å²) in [5.74, 6) is 0. The lowest BCUT2D eigenvalue weighted by Crippen LogP contribution is -2.37. The number of hydrogen-bond donors (Lipinski definition) is 2. The monoisotopic (exact) mass is 460 g/mol. The van der Waals surface area contributed by atoms with Gasteiger partial charge < -0.3 is 14.4 Å². The normalized spacial score (nSPS) is 12.6. The largest absolute Gasteiger partial charge is 0.337 e. The summed E-state index contributed by atoms with van der Waals surface area (Å²) in [6.07, 6.45) is 4.11. The Kier molecular flexibility index (Phi) is 6.40. The number of aromatic nitrogens is 2. The Labute approximate surface area is 194 Å². The van der Waals surface area contributed by atoms with Crippen molar-refractivity contribution in [2.45, 2.75) is 37.4 Å². The predicted octanol–water partition coefficient (Wildman–Crippen LogP) is 5.92. The van der Waals surface area contributed by atoms with E-state index < -0.39 is 18.3 Å². The second kappa shape index (κ2) is 9.11.